The maximum absolute atomic E-state index is 11.4. The molecule has 0 radical (unpaired) electrons. The normalized spacial score (nSPS) is 20.4. The van der Waals surface area contributed by atoms with E-state index in [-0.39, 0.29) is 11.6 Å². The first kappa shape index (κ1) is 10.3. The summed E-state index contributed by atoms with van der Waals surface area (Å²) in [4.78, 5) is 24.3. The predicted molar refractivity (Wildman–Crippen MR) is 50.6 cm³/mol. The van der Waals surface area contributed by atoms with Gasteiger partial charge in [0, 0.05) is 26.4 Å². The molecule has 1 atom stereocenters. The number of carbonyl (C=O) groups excluding carboxylic acids is 2. The van der Waals surface area contributed by atoms with Crippen LogP contribution in [0.3, 0.4) is 0 Å². The molecule has 0 N–H and O–H groups in total. The van der Waals surface area contributed by atoms with E-state index in [4.69, 9.17) is 0 Å². The third-order valence-corrected chi connectivity index (χ3v) is 1.56. The summed E-state index contributed by atoms with van der Waals surface area (Å²) in [5.41, 5.74) is 0. The van der Waals surface area contributed by atoms with Gasteiger partial charge in [-0.25, -0.2) is 0 Å². The quantitative estimate of drug-likeness (QED) is 0.485. The SMILES string of the molecule is CN(C)C=CC(=O)C1N=NC=CC1=O. The predicted octanol–water partition coefficient (Wildman–Crippen LogP) is 0.548. The molecule has 0 aromatic carbocycles. The molecule has 1 aliphatic heterocycles. The second-order valence-corrected chi connectivity index (χ2v) is 3.03. The summed E-state index contributed by atoms with van der Waals surface area (Å²) in [6.07, 6.45) is 5.42. The molecule has 1 rings (SSSR count). The highest BCUT2D eigenvalue weighted by Gasteiger charge is 2.23. The topological polar surface area (TPSA) is 62.1 Å². The minimum absolute atomic E-state index is 0.326. The van der Waals surface area contributed by atoms with Crippen LogP contribution in [0.15, 0.2) is 34.8 Å². The molecular formula is C9H11N3O2. The van der Waals surface area contributed by atoms with E-state index < -0.39 is 6.04 Å². The number of azo groups is 1. The van der Waals surface area contributed by atoms with Crippen molar-refractivity contribution in [3.8, 4) is 0 Å². The molecule has 0 saturated carbocycles. The molecular weight excluding hydrogens is 182 g/mol. The van der Waals surface area contributed by atoms with Gasteiger partial charge in [0.05, 0.1) is 6.20 Å². The molecule has 5 nitrogen and oxygen atoms in total. The second-order valence-electron chi connectivity index (χ2n) is 3.03. The van der Waals surface area contributed by atoms with Crippen LogP contribution < -0.4 is 0 Å². The van der Waals surface area contributed by atoms with E-state index in [0.717, 1.165) is 0 Å². The Labute approximate surface area is 81.8 Å². The third-order valence-electron chi connectivity index (χ3n) is 1.56. The van der Waals surface area contributed by atoms with E-state index >= 15 is 0 Å². The van der Waals surface area contributed by atoms with Crippen molar-refractivity contribution in [2.24, 2.45) is 10.2 Å². The van der Waals surface area contributed by atoms with E-state index in [1.54, 1.807) is 25.2 Å². The number of carbonyl (C=O) groups is 2. The van der Waals surface area contributed by atoms with Crippen LogP contribution in [0.5, 0.6) is 0 Å². The first-order valence-corrected chi connectivity index (χ1v) is 4.10. The monoisotopic (exact) mass is 193 g/mol. The van der Waals surface area contributed by atoms with Crippen LogP contribution in [0.4, 0.5) is 0 Å². The molecule has 0 amide bonds. The first-order valence-electron chi connectivity index (χ1n) is 4.10. The van der Waals surface area contributed by atoms with Gasteiger partial charge in [0.2, 0.25) is 0 Å². The average Bonchev–Trinajstić information content (AvgIpc) is 2.15. The van der Waals surface area contributed by atoms with Crippen LogP contribution in [0.1, 0.15) is 0 Å². The number of hydrogen-bond acceptors (Lipinski definition) is 5. The highest BCUT2D eigenvalue weighted by Crippen LogP contribution is 2.05. The summed E-state index contributed by atoms with van der Waals surface area (Å²) >= 11 is 0. The Bertz CT molecular complexity index is 329. The van der Waals surface area contributed by atoms with Crippen LogP contribution in [0.2, 0.25) is 0 Å². The Kier molecular flexibility index (Phi) is 3.28. The van der Waals surface area contributed by atoms with E-state index in [9.17, 15) is 9.59 Å². The molecule has 0 bridgehead atoms. The van der Waals surface area contributed by atoms with Crippen LogP contribution in [-0.4, -0.2) is 36.6 Å². The summed E-state index contributed by atoms with van der Waals surface area (Å²) < 4.78 is 0. The van der Waals surface area contributed by atoms with Crippen LogP contribution in [0, 0.1) is 0 Å². The molecule has 1 unspecified atom stereocenters. The number of hydrogen-bond donors (Lipinski definition) is 0. The van der Waals surface area contributed by atoms with Crippen LogP contribution in [0.25, 0.3) is 0 Å². The van der Waals surface area contributed by atoms with Gasteiger partial charge < -0.3 is 4.90 Å². The largest absolute Gasteiger partial charge is 0.383 e. The van der Waals surface area contributed by atoms with Gasteiger partial charge in [0.1, 0.15) is 0 Å². The van der Waals surface area contributed by atoms with Crippen molar-refractivity contribution in [1.82, 2.24) is 4.90 Å². The molecule has 74 valence electrons. The van der Waals surface area contributed by atoms with Gasteiger partial charge in [-0.1, -0.05) is 0 Å². The summed E-state index contributed by atoms with van der Waals surface area (Å²) in [5.74, 6) is -0.676. The molecule has 5 heteroatoms. The molecule has 14 heavy (non-hydrogen) atoms. The maximum Gasteiger partial charge on any atom is 0.195 e. The Morgan fingerprint density at radius 1 is 1.57 bits per heavy atom. The van der Waals surface area contributed by atoms with Gasteiger partial charge in [-0.3, -0.25) is 9.59 Å². The zero-order chi connectivity index (χ0) is 10.6. The number of rotatable bonds is 3. The van der Waals surface area contributed by atoms with E-state index in [1.807, 2.05) is 0 Å². The van der Waals surface area contributed by atoms with Gasteiger partial charge in [0.25, 0.3) is 0 Å². The van der Waals surface area contributed by atoms with Crippen molar-refractivity contribution in [3.63, 3.8) is 0 Å². The molecule has 1 aliphatic rings. The fraction of sp³-hybridized carbons (Fsp3) is 0.333. The van der Waals surface area contributed by atoms with Gasteiger partial charge in [-0.05, 0) is 6.08 Å². The molecule has 1 heterocycles. The number of ketones is 2. The third kappa shape index (κ3) is 2.62. The lowest BCUT2D eigenvalue weighted by molar-refractivity contribution is -0.124. The standard InChI is InChI=1S/C9H11N3O2/c1-12(2)6-4-8(14)9-7(13)3-5-10-11-9/h3-6,9H,1-2H3. The zero-order valence-corrected chi connectivity index (χ0v) is 8.04. The van der Waals surface area contributed by atoms with Gasteiger partial charge >= 0.3 is 0 Å². The van der Waals surface area contributed by atoms with Crippen molar-refractivity contribution in [2.45, 2.75) is 6.04 Å². The minimum atomic E-state index is -0.990. The Morgan fingerprint density at radius 3 is 2.86 bits per heavy atom. The average molecular weight is 193 g/mol. The van der Waals surface area contributed by atoms with Crippen LogP contribution >= 0.6 is 0 Å². The molecule has 0 saturated heterocycles. The highest BCUT2D eigenvalue weighted by molar-refractivity contribution is 6.15. The highest BCUT2D eigenvalue weighted by atomic mass is 16.2. The van der Waals surface area contributed by atoms with Gasteiger partial charge in [-0.2, -0.15) is 10.2 Å². The van der Waals surface area contributed by atoms with Crippen molar-refractivity contribution in [3.05, 3.63) is 24.6 Å². The maximum atomic E-state index is 11.4. The van der Waals surface area contributed by atoms with E-state index in [2.05, 4.69) is 10.2 Å². The van der Waals surface area contributed by atoms with Crippen molar-refractivity contribution >= 4 is 11.6 Å². The summed E-state index contributed by atoms with van der Waals surface area (Å²) in [6, 6.07) is -0.990. The molecule has 0 aromatic heterocycles. The van der Waals surface area contributed by atoms with Crippen molar-refractivity contribution in [1.29, 1.82) is 0 Å². The van der Waals surface area contributed by atoms with Gasteiger partial charge in [0.15, 0.2) is 17.6 Å². The van der Waals surface area contributed by atoms with E-state index in [0.29, 0.717) is 0 Å². The summed E-state index contributed by atoms with van der Waals surface area (Å²) in [5, 5.41) is 7.07. The van der Waals surface area contributed by atoms with Crippen LogP contribution in [-0.2, 0) is 9.59 Å². The first-order chi connectivity index (χ1) is 6.61. The number of nitrogens with zero attached hydrogens (tertiary/aromatic N) is 3. The lowest BCUT2D eigenvalue weighted by Gasteiger charge is -2.07. The summed E-state index contributed by atoms with van der Waals surface area (Å²) in [7, 11) is 3.57. The van der Waals surface area contributed by atoms with E-state index in [1.165, 1.54) is 18.4 Å². The Balaban J connectivity index is 2.66. The Hall–Kier alpha value is -1.78. The van der Waals surface area contributed by atoms with Gasteiger partial charge in [-0.15, -0.1) is 0 Å². The summed E-state index contributed by atoms with van der Waals surface area (Å²) in [6.45, 7) is 0. The fourth-order valence-corrected chi connectivity index (χ4v) is 0.871. The fourth-order valence-electron chi connectivity index (χ4n) is 0.871. The molecule has 0 fully saturated rings. The molecule has 0 spiro atoms. The second kappa shape index (κ2) is 4.45. The molecule has 0 aromatic rings. The minimum Gasteiger partial charge on any atom is -0.383 e. The smallest absolute Gasteiger partial charge is 0.195 e. The van der Waals surface area contributed by atoms with Crippen molar-refractivity contribution in [2.75, 3.05) is 14.1 Å². The molecule has 0 aliphatic carbocycles. The zero-order valence-electron chi connectivity index (χ0n) is 8.04. The Morgan fingerprint density at radius 2 is 2.29 bits per heavy atom. The lowest BCUT2D eigenvalue weighted by Crippen LogP contribution is -2.26. The lowest BCUT2D eigenvalue weighted by atomic mass is 10.1. The van der Waals surface area contributed by atoms with Crippen molar-refractivity contribution < 1.29 is 9.59 Å².